The van der Waals surface area contributed by atoms with Gasteiger partial charge in [-0.05, 0) is 36.2 Å². The van der Waals surface area contributed by atoms with Crippen LogP contribution in [-0.2, 0) is 4.79 Å². The first kappa shape index (κ1) is 14.8. The van der Waals surface area contributed by atoms with Crippen molar-refractivity contribution in [3.63, 3.8) is 0 Å². The van der Waals surface area contributed by atoms with Crippen molar-refractivity contribution in [3.05, 3.63) is 59.4 Å². The zero-order chi connectivity index (χ0) is 15.4. The Morgan fingerprint density at radius 3 is 2.62 bits per heavy atom. The molecule has 21 heavy (non-hydrogen) atoms. The highest BCUT2D eigenvalue weighted by atomic mass is 19.1. The Hall–Kier alpha value is -2.56. The fourth-order valence-corrected chi connectivity index (χ4v) is 2.05. The number of hydrogen-bond donors (Lipinski definition) is 2. The van der Waals surface area contributed by atoms with Crippen LogP contribution in [-0.4, -0.2) is 18.2 Å². The Bertz CT molecular complexity index is 658. The minimum Gasteiger partial charge on any atom is -0.495 e. The lowest BCUT2D eigenvalue weighted by Crippen LogP contribution is -2.21. The summed E-state index contributed by atoms with van der Waals surface area (Å²) >= 11 is 0. The zero-order valence-corrected chi connectivity index (χ0v) is 11.8. The van der Waals surface area contributed by atoms with Gasteiger partial charge in [0.2, 0.25) is 0 Å². The molecule has 0 aliphatic heterocycles. The molecule has 2 aromatic rings. The number of ether oxygens (including phenoxy) is 1. The van der Waals surface area contributed by atoms with Crippen LogP contribution in [0.15, 0.2) is 42.5 Å². The van der Waals surface area contributed by atoms with Gasteiger partial charge < -0.3 is 15.2 Å². The molecule has 2 N–H and O–H groups in total. The molecule has 0 aliphatic carbocycles. The summed E-state index contributed by atoms with van der Waals surface area (Å²) in [6.45, 7) is 1.60. The van der Waals surface area contributed by atoms with Gasteiger partial charge in [-0.1, -0.05) is 24.3 Å². The second kappa shape index (κ2) is 6.26. The normalized spacial score (nSPS) is 11.8. The quantitative estimate of drug-likeness (QED) is 0.886. The van der Waals surface area contributed by atoms with Gasteiger partial charge in [-0.2, -0.15) is 0 Å². The van der Waals surface area contributed by atoms with Crippen LogP contribution in [0.3, 0.4) is 0 Å². The van der Waals surface area contributed by atoms with Crippen molar-refractivity contribution in [2.24, 2.45) is 0 Å². The predicted molar refractivity (Wildman–Crippen MR) is 78.1 cm³/mol. The fourth-order valence-electron chi connectivity index (χ4n) is 2.05. The molecule has 0 aromatic heterocycles. The number of carbonyl (C=O) groups is 1. The van der Waals surface area contributed by atoms with Crippen LogP contribution < -0.4 is 10.1 Å². The first-order chi connectivity index (χ1) is 10.0. The fraction of sp³-hybridized carbons (Fsp3) is 0.188. The molecule has 1 unspecified atom stereocenters. The van der Waals surface area contributed by atoms with Crippen LogP contribution in [0.1, 0.15) is 17.2 Å². The Morgan fingerprint density at radius 1 is 1.29 bits per heavy atom. The van der Waals surface area contributed by atoms with E-state index in [1.165, 1.54) is 25.3 Å². The van der Waals surface area contributed by atoms with Crippen LogP contribution in [0, 0.1) is 12.7 Å². The van der Waals surface area contributed by atoms with E-state index in [0.717, 1.165) is 0 Å². The van der Waals surface area contributed by atoms with Gasteiger partial charge in [0.25, 0.3) is 0 Å². The summed E-state index contributed by atoms with van der Waals surface area (Å²) in [5, 5.41) is 12.3. The number of methoxy groups -OCH3 is 1. The highest BCUT2D eigenvalue weighted by molar-refractivity contribution is 5.80. The number of para-hydroxylation sites is 2. The van der Waals surface area contributed by atoms with Crippen LogP contribution >= 0.6 is 0 Å². The van der Waals surface area contributed by atoms with Crippen molar-refractivity contribution in [1.82, 2.24) is 0 Å². The molecule has 5 heteroatoms. The molecule has 4 nitrogen and oxygen atoms in total. The predicted octanol–water partition coefficient (Wildman–Crippen LogP) is 3.38. The Labute approximate surface area is 122 Å². The van der Waals surface area contributed by atoms with Gasteiger partial charge in [0.05, 0.1) is 12.8 Å². The van der Waals surface area contributed by atoms with Gasteiger partial charge in [-0.25, -0.2) is 9.18 Å². The monoisotopic (exact) mass is 289 g/mol. The van der Waals surface area contributed by atoms with Crippen molar-refractivity contribution >= 4 is 11.7 Å². The van der Waals surface area contributed by atoms with Crippen molar-refractivity contribution in [2.45, 2.75) is 13.0 Å². The molecule has 0 bridgehead atoms. The molecule has 2 aromatic carbocycles. The summed E-state index contributed by atoms with van der Waals surface area (Å²) in [6.07, 6.45) is 0. The number of benzene rings is 2. The molecule has 0 amide bonds. The van der Waals surface area contributed by atoms with Crippen molar-refractivity contribution < 1.29 is 19.0 Å². The van der Waals surface area contributed by atoms with Crippen LogP contribution in [0.5, 0.6) is 5.75 Å². The number of halogens is 1. The SMILES string of the molecule is COc1ccccc1NC(C(=O)O)c1ccc(F)c(C)c1. The number of rotatable bonds is 5. The van der Waals surface area contributed by atoms with E-state index in [1.54, 1.807) is 31.2 Å². The topological polar surface area (TPSA) is 58.6 Å². The number of nitrogens with one attached hydrogen (secondary N) is 1. The maximum atomic E-state index is 13.3. The zero-order valence-electron chi connectivity index (χ0n) is 11.8. The number of hydrogen-bond acceptors (Lipinski definition) is 3. The van der Waals surface area contributed by atoms with Crippen LogP contribution in [0.2, 0.25) is 0 Å². The third-order valence-electron chi connectivity index (χ3n) is 3.17. The van der Waals surface area contributed by atoms with E-state index in [4.69, 9.17) is 4.74 Å². The van der Waals surface area contributed by atoms with Gasteiger partial charge in [0.1, 0.15) is 11.6 Å². The van der Waals surface area contributed by atoms with Crippen molar-refractivity contribution in [3.8, 4) is 5.75 Å². The number of carboxylic acids is 1. The molecule has 0 radical (unpaired) electrons. The Balaban J connectivity index is 2.35. The second-order valence-corrected chi connectivity index (χ2v) is 4.62. The number of carboxylic acid groups (broad SMARTS) is 1. The second-order valence-electron chi connectivity index (χ2n) is 4.62. The Kier molecular flexibility index (Phi) is 4.42. The molecule has 110 valence electrons. The van der Waals surface area contributed by atoms with Gasteiger partial charge in [0, 0.05) is 0 Å². The number of anilines is 1. The number of aryl methyl sites for hydroxylation is 1. The van der Waals surface area contributed by atoms with E-state index in [-0.39, 0.29) is 5.82 Å². The lowest BCUT2D eigenvalue weighted by molar-refractivity contribution is -0.138. The minimum atomic E-state index is -1.05. The molecule has 0 saturated carbocycles. The first-order valence-electron chi connectivity index (χ1n) is 6.41. The summed E-state index contributed by atoms with van der Waals surface area (Å²) < 4.78 is 18.5. The lowest BCUT2D eigenvalue weighted by Gasteiger charge is -2.18. The molecule has 0 heterocycles. The maximum absolute atomic E-state index is 13.3. The molecule has 2 rings (SSSR count). The van der Waals surface area contributed by atoms with E-state index in [2.05, 4.69) is 5.32 Å². The summed E-state index contributed by atoms with van der Waals surface area (Å²) in [5.74, 6) is -0.866. The molecule has 0 saturated heterocycles. The molecule has 0 fully saturated rings. The average molecular weight is 289 g/mol. The van der Waals surface area contributed by atoms with Gasteiger partial charge in [-0.15, -0.1) is 0 Å². The van der Waals surface area contributed by atoms with E-state index in [9.17, 15) is 14.3 Å². The molecular weight excluding hydrogens is 273 g/mol. The van der Waals surface area contributed by atoms with E-state index < -0.39 is 12.0 Å². The molecule has 0 spiro atoms. The minimum absolute atomic E-state index is 0.361. The van der Waals surface area contributed by atoms with E-state index in [1.807, 2.05) is 0 Å². The third-order valence-corrected chi connectivity index (χ3v) is 3.17. The van der Waals surface area contributed by atoms with Crippen molar-refractivity contribution in [2.75, 3.05) is 12.4 Å². The Morgan fingerprint density at radius 2 is 2.00 bits per heavy atom. The summed E-state index contributed by atoms with van der Waals surface area (Å²) in [6, 6.07) is 10.3. The molecular formula is C16H16FNO3. The lowest BCUT2D eigenvalue weighted by atomic mass is 10.0. The highest BCUT2D eigenvalue weighted by Gasteiger charge is 2.21. The number of aliphatic carboxylic acids is 1. The first-order valence-corrected chi connectivity index (χ1v) is 6.41. The maximum Gasteiger partial charge on any atom is 0.330 e. The van der Waals surface area contributed by atoms with E-state index in [0.29, 0.717) is 22.6 Å². The highest BCUT2D eigenvalue weighted by Crippen LogP contribution is 2.28. The standard InChI is InChI=1S/C16H16FNO3/c1-10-9-11(7-8-12(10)17)15(16(19)20)18-13-5-3-4-6-14(13)21-2/h3-9,15,18H,1-2H3,(H,19,20). The van der Waals surface area contributed by atoms with Gasteiger partial charge in [0.15, 0.2) is 6.04 Å². The smallest absolute Gasteiger partial charge is 0.330 e. The van der Waals surface area contributed by atoms with Crippen LogP contribution in [0.25, 0.3) is 0 Å². The van der Waals surface area contributed by atoms with Gasteiger partial charge in [-0.3, -0.25) is 0 Å². The molecule has 1 atom stereocenters. The largest absolute Gasteiger partial charge is 0.495 e. The van der Waals surface area contributed by atoms with Crippen molar-refractivity contribution in [1.29, 1.82) is 0 Å². The summed E-state index contributed by atoms with van der Waals surface area (Å²) in [5.41, 5.74) is 1.45. The summed E-state index contributed by atoms with van der Waals surface area (Å²) in [4.78, 5) is 11.5. The van der Waals surface area contributed by atoms with E-state index >= 15 is 0 Å². The summed E-state index contributed by atoms with van der Waals surface area (Å²) in [7, 11) is 1.51. The third kappa shape index (κ3) is 3.31. The van der Waals surface area contributed by atoms with Gasteiger partial charge >= 0.3 is 5.97 Å². The van der Waals surface area contributed by atoms with Crippen LogP contribution in [0.4, 0.5) is 10.1 Å². The average Bonchev–Trinajstić information content (AvgIpc) is 2.48. The molecule has 0 aliphatic rings.